The quantitative estimate of drug-likeness (QED) is 0.711. The Balaban J connectivity index is 1.97. The van der Waals surface area contributed by atoms with Crippen LogP contribution in [0.4, 0.5) is 5.69 Å². The molecule has 21 heavy (non-hydrogen) atoms. The van der Waals surface area contributed by atoms with Gasteiger partial charge in [-0.25, -0.2) is 0 Å². The summed E-state index contributed by atoms with van der Waals surface area (Å²) in [7, 11) is 0. The first kappa shape index (κ1) is 14.0. The van der Waals surface area contributed by atoms with Crippen molar-refractivity contribution < 1.29 is 4.74 Å². The molecule has 1 heterocycles. The van der Waals surface area contributed by atoms with Gasteiger partial charge in [0.05, 0.1) is 12.1 Å². The maximum Gasteiger partial charge on any atom is 0.128 e. The van der Waals surface area contributed by atoms with Crippen LogP contribution in [0.25, 0.3) is 10.9 Å². The summed E-state index contributed by atoms with van der Waals surface area (Å²) in [5.41, 5.74) is 9.06. The Morgan fingerprint density at radius 3 is 2.81 bits per heavy atom. The zero-order chi connectivity index (χ0) is 14.8. The molecule has 0 aliphatic rings. The van der Waals surface area contributed by atoms with Gasteiger partial charge in [0.15, 0.2) is 0 Å². The van der Waals surface area contributed by atoms with E-state index in [1.165, 1.54) is 11.1 Å². The van der Waals surface area contributed by atoms with E-state index in [2.05, 4.69) is 44.9 Å². The van der Waals surface area contributed by atoms with Gasteiger partial charge in [-0.3, -0.25) is 0 Å². The van der Waals surface area contributed by atoms with E-state index in [1.807, 2.05) is 31.2 Å². The first-order valence-corrected chi connectivity index (χ1v) is 7.73. The molecule has 0 unspecified atom stereocenters. The first-order valence-electron chi connectivity index (χ1n) is 6.93. The van der Waals surface area contributed by atoms with Crippen LogP contribution in [0, 0.1) is 0 Å². The van der Waals surface area contributed by atoms with Gasteiger partial charge in [0, 0.05) is 28.3 Å². The highest BCUT2D eigenvalue weighted by Gasteiger charge is 2.07. The van der Waals surface area contributed by atoms with Crippen LogP contribution in [0.1, 0.15) is 12.5 Å². The minimum atomic E-state index is 0.674. The topological polar surface area (TPSA) is 40.2 Å². The third kappa shape index (κ3) is 2.76. The van der Waals surface area contributed by atoms with Crippen molar-refractivity contribution in [2.45, 2.75) is 13.5 Å². The van der Waals surface area contributed by atoms with Crippen molar-refractivity contribution in [2.75, 3.05) is 12.3 Å². The van der Waals surface area contributed by atoms with E-state index < -0.39 is 0 Å². The van der Waals surface area contributed by atoms with Gasteiger partial charge >= 0.3 is 0 Å². The van der Waals surface area contributed by atoms with Crippen molar-refractivity contribution >= 4 is 32.5 Å². The van der Waals surface area contributed by atoms with Gasteiger partial charge in [0.25, 0.3) is 0 Å². The third-order valence-electron chi connectivity index (χ3n) is 3.49. The lowest BCUT2D eigenvalue weighted by molar-refractivity contribution is 0.344. The van der Waals surface area contributed by atoms with Gasteiger partial charge < -0.3 is 15.0 Å². The molecule has 0 spiro atoms. The molecule has 3 aromatic rings. The van der Waals surface area contributed by atoms with Crippen LogP contribution in [0.5, 0.6) is 5.75 Å². The molecule has 0 saturated carbocycles. The average Bonchev–Trinajstić information content (AvgIpc) is 2.88. The number of rotatable bonds is 4. The number of ether oxygens (including phenoxy) is 1. The second-order valence-electron chi connectivity index (χ2n) is 4.92. The monoisotopic (exact) mass is 344 g/mol. The van der Waals surface area contributed by atoms with E-state index in [0.717, 1.165) is 27.8 Å². The van der Waals surface area contributed by atoms with Gasteiger partial charge in [0.2, 0.25) is 0 Å². The predicted octanol–water partition coefficient (Wildman–Crippen LogP) is 4.43. The highest BCUT2D eigenvalue weighted by molar-refractivity contribution is 9.10. The molecule has 3 nitrogen and oxygen atoms in total. The molecule has 3 rings (SSSR count). The van der Waals surface area contributed by atoms with Gasteiger partial charge in [-0.15, -0.1) is 0 Å². The second kappa shape index (κ2) is 5.82. The fourth-order valence-electron chi connectivity index (χ4n) is 2.50. The molecule has 0 fully saturated rings. The number of fused-ring (bicyclic) bond motifs is 1. The highest BCUT2D eigenvalue weighted by Crippen LogP contribution is 2.28. The van der Waals surface area contributed by atoms with Crippen molar-refractivity contribution in [1.29, 1.82) is 0 Å². The van der Waals surface area contributed by atoms with E-state index in [4.69, 9.17) is 10.5 Å². The number of aromatic nitrogens is 1. The summed E-state index contributed by atoms with van der Waals surface area (Å²) in [5.74, 6) is 0.934. The fourth-order valence-corrected chi connectivity index (χ4v) is 2.75. The number of hydrogen-bond donors (Lipinski definition) is 1. The molecule has 1 aromatic heterocycles. The summed E-state index contributed by atoms with van der Waals surface area (Å²) in [4.78, 5) is 0. The Bertz CT molecular complexity index is 780. The highest BCUT2D eigenvalue weighted by atomic mass is 79.9. The Kier molecular flexibility index (Phi) is 3.88. The molecule has 0 aliphatic heterocycles. The lowest BCUT2D eigenvalue weighted by Crippen LogP contribution is -1.99. The largest absolute Gasteiger partial charge is 0.493 e. The van der Waals surface area contributed by atoms with Crippen LogP contribution in [-0.2, 0) is 6.54 Å². The van der Waals surface area contributed by atoms with Crippen molar-refractivity contribution in [3.05, 3.63) is 58.7 Å². The van der Waals surface area contributed by atoms with Crippen LogP contribution in [-0.4, -0.2) is 11.2 Å². The van der Waals surface area contributed by atoms with Crippen LogP contribution in [0.2, 0.25) is 0 Å². The minimum Gasteiger partial charge on any atom is -0.493 e. The summed E-state index contributed by atoms with van der Waals surface area (Å²) in [6.07, 6.45) is 2.09. The van der Waals surface area contributed by atoms with Gasteiger partial charge in [-0.2, -0.15) is 0 Å². The van der Waals surface area contributed by atoms with Gasteiger partial charge in [-0.1, -0.05) is 12.1 Å². The van der Waals surface area contributed by atoms with Crippen molar-refractivity contribution in [2.24, 2.45) is 0 Å². The number of benzene rings is 2. The zero-order valence-electron chi connectivity index (χ0n) is 11.8. The molecule has 0 amide bonds. The fraction of sp³-hybridized carbons (Fsp3) is 0.176. The number of hydrogen-bond acceptors (Lipinski definition) is 2. The molecule has 0 saturated heterocycles. The van der Waals surface area contributed by atoms with Gasteiger partial charge in [0.1, 0.15) is 5.75 Å². The molecule has 0 atom stereocenters. The number of nitrogen functional groups attached to an aromatic ring is 1. The van der Waals surface area contributed by atoms with E-state index in [0.29, 0.717) is 6.61 Å². The Morgan fingerprint density at radius 1 is 1.19 bits per heavy atom. The lowest BCUT2D eigenvalue weighted by Gasteiger charge is -2.09. The van der Waals surface area contributed by atoms with E-state index >= 15 is 0 Å². The minimum absolute atomic E-state index is 0.674. The maximum absolute atomic E-state index is 5.95. The molecule has 2 N–H and O–H groups in total. The third-order valence-corrected chi connectivity index (χ3v) is 4.21. The second-order valence-corrected chi connectivity index (χ2v) is 5.78. The Hall–Kier alpha value is -1.94. The normalized spacial score (nSPS) is 11.0. The summed E-state index contributed by atoms with van der Waals surface area (Å²) in [6, 6.07) is 14.3. The number of nitrogens with two attached hydrogens (primary N) is 1. The molecular formula is C17H17BrN2O. The standard InChI is InChI=1S/C17H17BrN2O/c1-2-21-17-5-3-4-16-13(17)8-9-20(16)11-12-6-7-14(18)15(19)10-12/h3-10H,2,11,19H2,1H3. The van der Waals surface area contributed by atoms with Crippen LogP contribution in [0.3, 0.4) is 0 Å². The molecule has 0 aliphatic carbocycles. The smallest absolute Gasteiger partial charge is 0.128 e. The molecular weight excluding hydrogens is 328 g/mol. The average molecular weight is 345 g/mol. The summed E-state index contributed by atoms with van der Waals surface area (Å²) in [5, 5.41) is 1.14. The Labute approximate surface area is 132 Å². The molecule has 2 aromatic carbocycles. The van der Waals surface area contributed by atoms with Crippen LogP contribution >= 0.6 is 15.9 Å². The number of halogens is 1. The zero-order valence-corrected chi connectivity index (χ0v) is 13.4. The molecule has 0 bridgehead atoms. The number of nitrogens with zero attached hydrogens (tertiary/aromatic N) is 1. The first-order chi connectivity index (χ1) is 10.2. The lowest BCUT2D eigenvalue weighted by atomic mass is 10.2. The van der Waals surface area contributed by atoms with Crippen LogP contribution < -0.4 is 10.5 Å². The van der Waals surface area contributed by atoms with Crippen molar-refractivity contribution in [1.82, 2.24) is 4.57 Å². The summed E-state index contributed by atoms with van der Waals surface area (Å²) < 4.78 is 8.82. The van der Waals surface area contributed by atoms with E-state index in [-0.39, 0.29) is 0 Å². The molecule has 108 valence electrons. The van der Waals surface area contributed by atoms with E-state index in [1.54, 1.807) is 0 Å². The van der Waals surface area contributed by atoms with Crippen molar-refractivity contribution in [3.8, 4) is 5.75 Å². The maximum atomic E-state index is 5.95. The summed E-state index contributed by atoms with van der Waals surface area (Å²) in [6.45, 7) is 3.46. The summed E-state index contributed by atoms with van der Waals surface area (Å²) >= 11 is 3.43. The Morgan fingerprint density at radius 2 is 2.05 bits per heavy atom. The van der Waals surface area contributed by atoms with Gasteiger partial charge in [-0.05, 0) is 58.7 Å². The van der Waals surface area contributed by atoms with Crippen molar-refractivity contribution in [3.63, 3.8) is 0 Å². The van der Waals surface area contributed by atoms with E-state index in [9.17, 15) is 0 Å². The molecule has 0 radical (unpaired) electrons. The molecule has 4 heteroatoms. The SMILES string of the molecule is CCOc1cccc2c1ccn2Cc1ccc(Br)c(N)c1. The predicted molar refractivity (Wildman–Crippen MR) is 90.8 cm³/mol. The number of anilines is 1. The van der Waals surface area contributed by atoms with Crippen LogP contribution in [0.15, 0.2) is 53.1 Å².